The van der Waals surface area contributed by atoms with Crippen LogP contribution in [0.3, 0.4) is 0 Å². The zero-order chi connectivity index (χ0) is 12.0. The fourth-order valence-electron chi connectivity index (χ4n) is 1.34. The number of thiocarbonyl (C=S) groups is 1. The van der Waals surface area contributed by atoms with E-state index in [4.69, 9.17) is 21.4 Å². The summed E-state index contributed by atoms with van der Waals surface area (Å²) >= 11 is 5.27. The maximum atomic E-state index is 5.27. The largest absolute Gasteiger partial charge is 0.472 e. The number of nitrogens with zero attached hydrogens (tertiary/aromatic N) is 1. The molecule has 1 N–H and O–H groups in total. The molecule has 0 aromatic carbocycles. The second-order valence-corrected chi connectivity index (χ2v) is 4.18. The zero-order valence-corrected chi connectivity index (χ0v) is 10.7. The lowest BCUT2D eigenvalue weighted by molar-refractivity contribution is 0.178. The van der Waals surface area contributed by atoms with Crippen molar-refractivity contribution in [2.24, 2.45) is 0 Å². The van der Waals surface area contributed by atoms with Gasteiger partial charge in [-0.15, -0.1) is 0 Å². The summed E-state index contributed by atoms with van der Waals surface area (Å²) < 4.78 is 10.0. The minimum absolute atomic E-state index is 0.212. The maximum absolute atomic E-state index is 5.27. The van der Waals surface area contributed by atoms with Crippen LogP contribution < -0.4 is 5.32 Å². The molecule has 0 saturated heterocycles. The molecular formula is C11H18N2O2S. The molecular weight excluding hydrogens is 224 g/mol. The first-order valence-electron chi connectivity index (χ1n) is 5.15. The van der Waals surface area contributed by atoms with E-state index in [2.05, 4.69) is 5.32 Å². The molecule has 4 nitrogen and oxygen atoms in total. The number of hydrogen-bond donors (Lipinski definition) is 1. The summed E-state index contributed by atoms with van der Waals surface area (Å²) in [4.78, 5) is 1.96. The molecule has 1 unspecified atom stereocenters. The molecule has 5 heteroatoms. The molecule has 16 heavy (non-hydrogen) atoms. The minimum atomic E-state index is 0.212. The first kappa shape index (κ1) is 13.0. The Bertz CT molecular complexity index is 314. The highest BCUT2D eigenvalue weighted by molar-refractivity contribution is 7.80. The SMILES string of the molecule is COCC(C)NC(=S)N(C)Cc1ccoc1. The van der Waals surface area contributed by atoms with Gasteiger partial charge >= 0.3 is 0 Å². The third-order valence-electron chi connectivity index (χ3n) is 2.13. The van der Waals surface area contributed by atoms with E-state index in [1.54, 1.807) is 19.6 Å². The van der Waals surface area contributed by atoms with Crippen molar-refractivity contribution in [3.05, 3.63) is 24.2 Å². The zero-order valence-electron chi connectivity index (χ0n) is 9.90. The van der Waals surface area contributed by atoms with E-state index in [0.717, 1.165) is 12.1 Å². The summed E-state index contributed by atoms with van der Waals surface area (Å²) in [6.07, 6.45) is 3.38. The number of methoxy groups -OCH3 is 1. The van der Waals surface area contributed by atoms with Crippen LogP contribution in [0, 0.1) is 0 Å². The molecule has 1 rings (SSSR count). The lowest BCUT2D eigenvalue weighted by atomic mass is 10.3. The quantitative estimate of drug-likeness (QED) is 0.794. The third-order valence-corrected chi connectivity index (χ3v) is 2.56. The number of rotatable bonds is 5. The van der Waals surface area contributed by atoms with Crippen molar-refractivity contribution >= 4 is 17.3 Å². The fraction of sp³-hybridized carbons (Fsp3) is 0.545. The Morgan fingerprint density at radius 3 is 3.00 bits per heavy atom. The monoisotopic (exact) mass is 242 g/mol. The standard InChI is InChI=1S/C11H18N2O2S/c1-9(7-14-3)12-11(16)13(2)6-10-4-5-15-8-10/h4-5,8-9H,6-7H2,1-3H3,(H,12,16). The van der Waals surface area contributed by atoms with E-state index in [1.807, 2.05) is 24.9 Å². The summed E-state index contributed by atoms with van der Waals surface area (Å²) in [6.45, 7) is 3.41. The minimum Gasteiger partial charge on any atom is -0.472 e. The van der Waals surface area contributed by atoms with Crippen LogP contribution >= 0.6 is 12.2 Å². The average Bonchev–Trinajstić information content (AvgIpc) is 2.70. The topological polar surface area (TPSA) is 37.6 Å². The van der Waals surface area contributed by atoms with E-state index in [0.29, 0.717) is 11.7 Å². The Hall–Kier alpha value is -1.07. The molecule has 0 fully saturated rings. The van der Waals surface area contributed by atoms with Crippen LogP contribution in [-0.2, 0) is 11.3 Å². The summed E-state index contributed by atoms with van der Waals surface area (Å²) in [5, 5.41) is 3.91. The van der Waals surface area contributed by atoms with Gasteiger partial charge in [0.1, 0.15) is 0 Å². The van der Waals surface area contributed by atoms with Gasteiger partial charge < -0.3 is 19.4 Å². The molecule has 0 aliphatic heterocycles. The smallest absolute Gasteiger partial charge is 0.169 e. The van der Waals surface area contributed by atoms with Crippen LogP contribution in [0.2, 0.25) is 0 Å². The molecule has 90 valence electrons. The van der Waals surface area contributed by atoms with Crippen molar-refractivity contribution in [3.8, 4) is 0 Å². The van der Waals surface area contributed by atoms with Crippen molar-refractivity contribution in [1.29, 1.82) is 0 Å². The first-order valence-corrected chi connectivity index (χ1v) is 5.56. The van der Waals surface area contributed by atoms with E-state index in [9.17, 15) is 0 Å². The molecule has 0 spiro atoms. The molecule has 1 aromatic heterocycles. The van der Waals surface area contributed by atoms with Crippen LogP contribution in [0.4, 0.5) is 0 Å². The van der Waals surface area contributed by atoms with Crippen LogP contribution in [0.15, 0.2) is 23.0 Å². The van der Waals surface area contributed by atoms with Crippen molar-refractivity contribution in [2.45, 2.75) is 19.5 Å². The van der Waals surface area contributed by atoms with Gasteiger partial charge in [0.05, 0.1) is 19.1 Å². The van der Waals surface area contributed by atoms with E-state index in [1.165, 1.54) is 0 Å². The van der Waals surface area contributed by atoms with Crippen LogP contribution in [0.5, 0.6) is 0 Å². The molecule has 1 aromatic rings. The number of ether oxygens (including phenoxy) is 1. The van der Waals surface area contributed by atoms with Crippen LogP contribution in [-0.4, -0.2) is 36.8 Å². The van der Waals surface area contributed by atoms with Crippen LogP contribution in [0.1, 0.15) is 12.5 Å². The van der Waals surface area contributed by atoms with Crippen molar-refractivity contribution in [1.82, 2.24) is 10.2 Å². The first-order chi connectivity index (χ1) is 7.63. The normalized spacial score (nSPS) is 12.2. The molecule has 0 amide bonds. The summed E-state index contributed by atoms with van der Waals surface area (Å²) in [6, 6.07) is 2.14. The Morgan fingerprint density at radius 2 is 2.44 bits per heavy atom. The summed E-state index contributed by atoms with van der Waals surface area (Å²) in [5.74, 6) is 0. The van der Waals surface area contributed by atoms with Crippen molar-refractivity contribution in [2.75, 3.05) is 20.8 Å². The average molecular weight is 242 g/mol. The summed E-state index contributed by atoms with van der Waals surface area (Å²) in [5.41, 5.74) is 1.10. The summed E-state index contributed by atoms with van der Waals surface area (Å²) in [7, 11) is 3.62. The predicted octanol–water partition coefficient (Wildman–Crippen LogP) is 1.62. The van der Waals surface area contributed by atoms with Gasteiger partial charge in [-0.1, -0.05) is 0 Å². The van der Waals surface area contributed by atoms with Gasteiger partial charge in [0.15, 0.2) is 5.11 Å². The van der Waals surface area contributed by atoms with Crippen molar-refractivity contribution < 1.29 is 9.15 Å². The van der Waals surface area contributed by atoms with E-state index in [-0.39, 0.29) is 6.04 Å². The second kappa shape index (κ2) is 6.50. The van der Waals surface area contributed by atoms with Gasteiger partial charge in [-0.3, -0.25) is 0 Å². The number of nitrogens with one attached hydrogen (secondary N) is 1. The third kappa shape index (κ3) is 4.20. The lowest BCUT2D eigenvalue weighted by Gasteiger charge is -2.23. The molecule has 0 radical (unpaired) electrons. The second-order valence-electron chi connectivity index (χ2n) is 3.79. The van der Waals surface area contributed by atoms with Gasteiger partial charge in [-0.25, -0.2) is 0 Å². The highest BCUT2D eigenvalue weighted by Gasteiger charge is 2.08. The number of hydrogen-bond acceptors (Lipinski definition) is 3. The van der Waals surface area contributed by atoms with Gasteiger partial charge in [-0.2, -0.15) is 0 Å². The molecule has 0 aliphatic carbocycles. The lowest BCUT2D eigenvalue weighted by Crippen LogP contribution is -2.43. The molecule has 0 saturated carbocycles. The van der Waals surface area contributed by atoms with Gasteiger partial charge in [0.25, 0.3) is 0 Å². The fourth-order valence-corrected chi connectivity index (χ4v) is 1.61. The molecule has 1 heterocycles. The Labute approximate surface area is 102 Å². The predicted molar refractivity (Wildman–Crippen MR) is 67.2 cm³/mol. The molecule has 0 bridgehead atoms. The van der Waals surface area contributed by atoms with E-state index >= 15 is 0 Å². The van der Waals surface area contributed by atoms with Gasteiger partial charge in [0.2, 0.25) is 0 Å². The van der Waals surface area contributed by atoms with Gasteiger partial charge in [-0.05, 0) is 25.2 Å². The molecule has 1 atom stereocenters. The molecule has 0 aliphatic rings. The Kier molecular flexibility index (Phi) is 5.28. The Morgan fingerprint density at radius 1 is 1.69 bits per heavy atom. The highest BCUT2D eigenvalue weighted by Crippen LogP contribution is 2.04. The van der Waals surface area contributed by atoms with Gasteiger partial charge in [0, 0.05) is 32.3 Å². The van der Waals surface area contributed by atoms with E-state index < -0.39 is 0 Å². The van der Waals surface area contributed by atoms with Crippen molar-refractivity contribution in [3.63, 3.8) is 0 Å². The Balaban J connectivity index is 2.36. The number of furan rings is 1. The van der Waals surface area contributed by atoms with Crippen LogP contribution in [0.25, 0.3) is 0 Å². The highest BCUT2D eigenvalue weighted by atomic mass is 32.1. The maximum Gasteiger partial charge on any atom is 0.169 e.